The highest BCUT2D eigenvalue weighted by Crippen LogP contribution is 2.34. The quantitative estimate of drug-likeness (QED) is 0.786. The molecule has 0 aromatic heterocycles. The van der Waals surface area contributed by atoms with E-state index in [0.717, 1.165) is 63.5 Å². The van der Waals surface area contributed by atoms with E-state index in [-0.39, 0.29) is 17.7 Å². The first-order valence-corrected chi connectivity index (χ1v) is 8.17. The van der Waals surface area contributed by atoms with Gasteiger partial charge in [0.05, 0.1) is 0 Å². The van der Waals surface area contributed by atoms with Gasteiger partial charge in [-0.1, -0.05) is 6.08 Å². The Bertz CT molecular complexity index is 476. The molecule has 1 amide bonds. The highest BCUT2D eigenvalue weighted by molar-refractivity contribution is 6.09. The summed E-state index contributed by atoms with van der Waals surface area (Å²) in [6.45, 7) is 1.66. The van der Waals surface area contributed by atoms with E-state index in [2.05, 4.69) is 10.6 Å². The van der Waals surface area contributed by atoms with Crippen LogP contribution in [0.2, 0.25) is 0 Å². The van der Waals surface area contributed by atoms with Crippen LogP contribution in [-0.4, -0.2) is 36.8 Å². The molecule has 2 fully saturated rings. The maximum atomic E-state index is 12.3. The average molecular weight is 311 g/mol. The zero-order valence-electron chi connectivity index (χ0n) is 12.7. The molecule has 0 bridgehead atoms. The molecule has 2 N–H and O–H groups in total. The molecule has 3 aliphatic rings. The van der Waals surface area contributed by atoms with Gasteiger partial charge in [0.15, 0.2) is 0 Å². The van der Waals surface area contributed by atoms with E-state index < -0.39 is 12.0 Å². The fraction of sp³-hybridized carbons (Fsp3) is 0.750. The molecule has 1 aliphatic carbocycles. The van der Waals surface area contributed by atoms with Crippen molar-refractivity contribution in [3.05, 3.63) is 12.2 Å². The first-order chi connectivity index (χ1) is 10.6. The number of rotatable bonds is 3. The lowest BCUT2D eigenvalue weighted by molar-refractivity contribution is -0.124. The van der Waals surface area contributed by atoms with Crippen molar-refractivity contribution in [2.45, 2.75) is 50.5 Å². The van der Waals surface area contributed by atoms with Gasteiger partial charge in [-0.05, 0) is 63.6 Å². The average Bonchev–Trinajstić information content (AvgIpc) is 2.83. The van der Waals surface area contributed by atoms with Gasteiger partial charge in [0.2, 0.25) is 0 Å². The standard InChI is InChI=1S/C16H23F2N3O/c17-13(18)6-3-11-1-4-12(5-2-11)14-20-15(22)16(21-14)7-9-19-10-8-16/h3,6,11-13,19H,1-2,4-5,7-10H2,(H,20,21,22)/b6-3+. The highest BCUT2D eigenvalue weighted by atomic mass is 19.3. The summed E-state index contributed by atoms with van der Waals surface area (Å²) in [5, 5.41) is 6.26. The number of allylic oxidation sites excluding steroid dienone is 2. The summed E-state index contributed by atoms with van der Waals surface area (Å²) in [6, 6.07) is 0. The van der Waals surface area contributed by atoms with E-state index in [1.54, 1.807) is 6.08 Å². The lowest BCUT2D eigenvalue weighted by Crippen LogP contribution is -2.47. The normalized spacial score (nSPS) is 31.8. The maximum absolute atomic E-state index is 12.3. The van der Waals surface area contributed by atoms with Gasteiger partial charge in [-0.2, -0.15) is 0 Å². The van der Waals surface area contributed by atoms with E-state index in [1.165, 1.54) is 0 Å². The number of alkyl halides is 2. The Hall–Kier alpha value is -1.30. The first-order valence-electron chi connectivity index (χ1n) is 8.17. The minimum atomic E-state index is -2.36. The van der Waals surface area contributed by atoms with Crippen LogP contribution in [0.1, 0.15) is 38.5 Å². The van der Waals surface area contributed by atoms with Crippen LogP contribution in [-0.2, 0) is 4.79 Å². The summed E-state index contributed by atoms with van der Waals surface area (Å²) >= 11 is 0. The lowest BCUT2D eigenvalue weighted by atomic mass is 9.81. The van der Waals surface area contributed by atoms with E-state index in [9.17, 15) is 13.6 Å². The summed E-state index contributed by atoms with van der Waals surface area (Å²) in [4.78, 5) is 17.1. The summed E-state index contributed by atoms with van der Waals surface area (Å²) in [7, 11) is 0. The van der Waals surface area contributed by atoms with Crippen molar-refractivity contribution in [2.75, 3.05) is 13.1 Å². The van der Waals surface area contributed by atoms with Gasteiger partial charge in [0.25, 0.3) is 12.3 Å². The van der Waals surface area contributed by atoms with Crippen molar-refractivity contribution in [1.29, 1.82) is 0 Å². The molecule has 1 spiro atoms. The molecule has 2 aliphatic heterocycles. The zero-order chi connectivity index (χ0) is 15.6. The smallest absolute Gasteiger partial charge is 0.257 e. The van der Waals surface area contributed by atoms with Gasteiger partial charge in [-0.3, -0.25) is 9.79 Å². The van der Waals surface area contributed by atoms with Crippen molar-refractivity contribution in [3.63, 3.8) is 0 Å². The molecule has 122 valence electrons. The number of aliphatic imine (C=N–C) groups is 1. The van der Waals surface area contributed by atoms with Crippen LogP contribution in [0.5, 0.6) is 0 Å². The van der Waals surface area contributed by atoms with Gasteiger partial charge in [0.1, 0.15) is 11.4 Å². The second kappa shape index (κ2) is 6.44. The van der Waals surface area contributed by atoms with Gasteiger partial charge < -0.3 is 10.6 Å². The highest BCUT2D eigenvalue weighted by Gasteiger charge is 2.45. The van der Waals surface area contributed by atoms with Crippen molar-refractivity contribution in [2.24, 2.45) is 16.8 Å². The number of nitrogens with one attached hydrogen (secondary N) is 2. The van der Waals surface area contributed by atoms with Crippen LogP contribution < -0.4 is 10.6 Å². The number of halogens is 2. The molecule has 4 nitrogen and oxygen atoms in total. The number of carbonyl (C=O) groups excluding carboxylic acids is 1. The monoisotopic (exact) mass is 311 g/mol. The first kappa shape index (κ1) is 15.6. The fourth-order valence-corrected chi connectivity index (χ4v) is 3.74. The topological polar surface area (TPSA) is 53.5 Å². The maximum Gasteiger partial charge on any atom is 0.257 e. The van der Waals surface area contributed by atoms with Crippen LogP contribution in [0.3, 0.4) is 0 Å². The molecule has 6 heteroatoms. The SMILES string of the molecule is O=C1NC(C2CCC(/C=C/C(F)F)CC2)=NC12CCNCC2. The second-order valence-corrected chi connectivity index (χ2v) is 6.56. The van der Waals surface area contributed by atoms with Gasteiger partial charge in [0, 0.05) is 5.92 Å². The Morgan fingerprint density at radius 2 is 1.86 bits per heavy atom. The third-order valence-corrected chi connectivity index (χ3v) is 5.12. The molecule has 1 saturated heterocycles. The van der Waals surface area contributed by atoms with Gasteiger partial charge in [-0.15, -0.1) is 0 Å². The molecule has 1 saturated carbocycles. The zero-order valence-corrected chi connectivity index (χ0v) is 12.7. The van der Waals surface area contributed by atoms with Crippen LogP contribution in [0.15, 0.2) is 17.1 Å². The molecule has 0 aromatic rings. The summed E-state index contributed by atoms with van der Waals surface area (Å²) < 4.78 is 24.4. The minimum Gasteiger partial charge on any atom is -0.317 e. The van der Waals surface area contributed by atoms with Crippen LogP contribution >= 0.6 is 0 Å². The molecular weight excluding hydrogens is 288 g/mol. The third-order valence-electron chi connectivity index (χ3n) is 5.12. The number of carbonyl (C=O) groups is 1. The molecule has 3 rings (SSSR count). The fourth-order valence-electron chi connectivity index (χ4n) is 3.74. The Kier molecular flexibility index (Phi) is 4.57. The van der Waals surface area contributed by atoms with Crippen molar-refractivity contribution < 1.29 is 13.6 Å². The van der Waals surface area contributed by atoms with Crippen molar-refractivity contribution >= 4 is 11.7 Å². The minimum absolute atomic E-state index is 0.0451. The predicted octanol–water partition coefficient (Wildman–Crippen LogP) is 2.26. The molecule has 0 atom stereocenters. The molecular formula is C16H23F2N3O. The van der Waals surface area contributed by atoms with Crippen LogP contribution in [0.25, 0.3) is 0 Å². The van der Waals surface area contributed by atoms with Crippen molar-refractivity contribution in [1.82, 2.24) is 10.6 Å². The van der Waals surface area contributed by atoms with E-state index in [4.69, 9.17) is 4.99 Å². The summed E-state index contributed by atoms with van der Waals surface area (Å²) in [6.07, 6.45) is 5.38. The number of piperidine rings is 1. The van der Waals surface area contributed by atoms with Crippen molar-refractivity contribution in [3.8, 4) is 0 Å². The van der Waals surface area contributed by atoms with Crippen LogP contribution in [0, 0.1) is 11.8 Å². The van der Waals surface area contributed by atoms with E-state index in [1.807, 2.05) is 0 Å². The molecule has 22 heavy (non-hydrogen) atoms. The molecule has 0 unspecified atom stereocenters. The molecule has 0 aromatic carbocycles. The van der Waals surface area contributed by atoms with E-state index >= 15 is 0 Å². The summed E-state index contributed by atoms with van der Waals surface area (Å²) in [5.74, 6) is 1.39. The second-order valence-electron chi connectivity index (χ2n) is 6.56. The number of hydrogen-bond acceptors (Lipinski definition) is 3. The van der Waals surface area contributed by atoms with Gasteiger partial charge >= 0.3 is 0 Å². The Morgan fingerprint density at radius 1 is 1.18 bits per heavy atom. The largest absolute Gasteiger partial charge is 0.317 e. The molecule has 0 radical (unpaired) electrons. The summed E-state index contributed by atoms with van der Waals surface area (Å²) in [5.41, 5.74) is -0.549. The number of amides is 1. The lowest BCUT2D eigenvalue weighted by Gasteiger charge is -2.28. The Morgan fingerprint density at radius 3 is 2.50 bits per heavy atom. The Labute approximate surface area is 129 Å². The van der Waals surface area contributed by atoms with Crippen LogP contribution in [0.4, 0.5) is 8.78 Å². The van der Waals surface area contributed by atoms with Gasteiger partial charge in [-0.25, -0.2) is 8.78 Å². The number of nitrogens with zero attached hydrogens (tertiary/aromatic N) is 1. The predicted molar refractivity (Wildman–Crippen MR) is 81.0 cm³/mol. The third kappa shape index (κ3) is 3.21. The number of amidine groups is 1. The Balaban J connectivity index is 1.60. The van der Waals surface area contributed by atoms with E-state index in [0.29, 0.717) is 0 Å². The number of hydrogen-bond donors (Lipinski definition) is 2. The molecule has 2 heterocycles.